The average Bonchev–Trinajstić information content (AvgIpc) is 3.09. The van der Waals surface area contributed by atoms with Crippen molar-refractivity contribution >= 4 is 11.8 Å². The van der Waals surface area contributed by atoms with Crippen molar-refractivity contribution in [2.45, 2.75) is 31.7 Å². The molecule has 2 N–H and O–H groups in total. The van der Waals surface area contributed by atoms with Crippen LogP contribution in [0.25, 0.3) is 0 Å². The predicted molar refractivity (Wildman–Crippen MR) is 94.7 cm³/mol. The van der Waals surface area contributed by atoms with E-state index < -0.39 is 0 Å². The molecule has 0 aliphatic carbocycles. The molecular weight excluding hydrogens is 306 g/mol. The number of anilines is 2. The number of nitrogens with one attached hydrogen (secondary N) is 1. The van der Waals surface area contributed by atoms with E-state index >= 15 is 0 Å². The molecular formula is C17H29N5O2. The van der Waals surface area contributed by atoms with Crippen LogP contribution in [0.1, 0.15) is 31.9 Å². The predicted octanol–water partition coefficient (Wildman–Crippen LogP) is 0.915. The van der Waals surface area contributed by atoms with Crippen LogP contribution in [0.15, 0.2) is 6.07 Å². The number of hydrogen-bond acceptors (Lipinski definition) is 7. The number of ether oxygens (including phenoxy) is 1. The molecule has 0 saturated carbocycles. The number of rotatable bonds is 5. The van der Waals surface area contributed by atoms with Crippen molar-refractivity contribution in [1.29, 1.82) is 0 Å². The zero-order chi connectivity index (χ0) is 17.2. The lowest BCUT2D eigenvalue weighted by atomic mass is 9.99. The van der Waals surface area contributed by atoms with Gasteiger partial charge in [-0.15, -0.1) is 0 Å². The molecule has 3 rings (SSSR count). The zero-order valence-corrected chi connectivity index (χ0v) is 15.0. The molecule has 0 unspecified atom stereocenters. The molecule has 2 aliphatic rings. The van der Waals surface area contributed by atoms with E-state index in [-0.39, 0.29) is 12.1 Å². The molecule has 2 saturated heterocycles. The van der Waals surface area contributed by atoms with Crippen molar-refractivity contribution in [3.63, 3.8) is 0 Å². The first kappa shape index (κ1) is 17.4. The van der Waals surface area contributed by atoms with Gasteiger partial charge in [-0.1, -0.05) is 0 Å². The molecule has 1 aromatic heterocycles. The van der Waals surface area contributed by atoms with Gasteiger partial charge in [0.2, 0.25) is 5.95 Å². The topological polar surface area (TPSA) is 73.8 Å². The summed E-state index contributed by atoms with van der Waals surface area (Å²) in [5, 5.41) is 12.2. The maximum Gasteiger partial charge on any atom is 0.224 e. The molecule has 0 radical (unpaired) electrons. The summed E-state index contributed by atoms with van der Waals surface area (Å²) in [7, 11) is 2.17. The minimum atomic E-state index is 0.0665. The Bertz CT molecular complexity index is 560. The maximum absolute atomic E-state index is 9.07. The first-order valence-corrected chi connectivity index (χ1v) is 8.77. The quantitative estimate of drug-likeness (QED) is 0.829. The van der Waals surface area contributed by atoms with Crippen LogP contribution in [0.4, 0.5) is 11.8 Å². The minimum absolute atomic E-state index is 0.0665. The first-order valence-electron chi connectivity index (χ1n) is 8.77. The van der Waals surface area contributed by atoms with Gasteiger partial charge in [0.05, 0.1) is 18.9 Å². The van der Waals surface area contributed by atoms with Crippen molar-refractivity contribution < 1.29 is 9.84 Å². The second-order valence-corrected chi connectivity index (χ2v) is 7.34. The lowest BCUT2D eigenvalue weighted by Gasteiger charge is -2.45. The Labute approximate surface area is 144 Å². The number of aliphatic hydroxyl groups is 1. The molecule has 134 valence electrons. The summed E-state index contributed by atoms with van der Waals surface area (Å²) in [4.78, 5) is 14.1. The van der Waals surface area contributed by atoms with Gasteiger partial charge in [0.15, 0.2) is 0 Å². The van der Waals surface area contributed by atoms with Crippen LogP contribution in [0.2, 0.25) is 0 Å². The molecule has 1 atom stereocenters. The van der Waals surface area contributed by atoms with Crippen molar-refractivity contribution in [3.8, 4) is 0 Å². The van der Waals surface area contributed by atoms with Gasteiger partial charge in [-0.3, -0.25) is 4.90 Å². The Morgan fingerprint density at radius 1 is 1.38 bits per heavy atom. The van der Waals surface area contributed by atoms with E-state index in [4.69, 9.17) is 9.84 Å². The molecule has 2 aliphatic heterocycles. The van der Waals surface area contributed by atoms with Gasteiger partial charge in [0.1, 0.15) is 5.82 Å². The van der Waals surface area contributed by atoms with Gasteiger partial charge >= 0.3 is 0 Å². The van der Waals surface area contributed by atoms with Crippen molar-refractivity contribution in [3.05, 3.63) is 11.8 Å². The van der Waals surface area contributed by atoms with Crippen LogP contribution in [0, 0.1) is 0 Å². The summed E-state index contributed by atoms with van der Waals surface area (Å²) in [6.07, 6.45) is 1.00. The van der Waals surface area contributed by atoms with Crippen LogP contribution in [-0.4, -0.2) is 78.6 Å². The molecule has 0 aromatic carbocycles. The van der Waals surface area contributed by atoms with E-state index in [1.807, 2.05) is 0 Å². The number of aromatic nitrogens is 2. The van der Waals surface area contributed by atoms with Gasteiger partial charge in [-0.25, -0.2) is 4.98 Å². The van der Waals surface area contributed by atoms with Crippen molar-refractivity contribution in [2.24, 2.45) is 0 Å². The minimum Gasteiger partial charge on any atom is -0.395 e. The Hall–Kier alpha value is -1.44. The summed E-state index contributed by atoms with van der Waals surface area (Å²) in [6, 6.07) is 2.12. The average molecular weight is 335 g/mol. The van der Waals surface area contributed by atoms with E-state index in [1.165, 1.54) is 0 Å². The third-order valence-corrected chi connectivity index (χ3v) is 5.12. The summed E-state index contributed by atoms with van der Waals surface area (Å²) in [5.74, 6) is 1.90. The normalized spacial score (nSPS) is 24.3. The number of hydrogen-bond donors (Lipinski definition) is 2. The molecule has 0 spiro atoms. The third kappa shape index (κ3) is 3.79. The molecule has 0 bridgehead atoms. The van der Waals surface area contributed by atoms with Gasteiger partial charge in [0.25, 0.3) is 0 Å². The molecule has 2 fully saturated rings. The van der Waals surface area contributed by atoms with Crippen LogP contribution in [0.5, 0.6) is 0 Å². The van der Waals surface area contributed by atoms with Gasteiger partial charge in [-0.2, -0.15) is 4.98 Å². The monoisotopic (exact) mass is 335 g/mol. The first-order chi connectivity index (χ1) is 11.5. The lowest BCUT2D eigenvalue weighted by Crippen LogP contribution is -2.58. The molecule has 0 amide bonds. The van der Waals surface area contributed by atoms with E-state index in [1.54, 1.807) is 0 Å². The third-order valence-electron chi connectivity index (χ3n) is 5.12. The molecule has 7 heteroatoms. The van der Waals surface area contributed by atoms with Crippen LogP contribution < -0.4 is 10.2 Å². The second kappa shape index (κ2) is 7.21. The second-order valence-electron chi connectivity index (χ2n) is 7.34. The number of aliphatic hydroxyl groups excluding tert-OH is 1. The Morgan fingerprint density at radius 2 is 2.21 bits per heavy atom. The number of nitrogens with zero attached hydrogens (tertiary/aromatic N) is 4. The highest BCUT2D eigenvalue weighted by atomic mass is 16.5. The highest BCUT2D eigenvalue weighted by molar-refractivity contribution is 5.47. The highest BCUT2D eigenvalue weighted by Crippen LogP contribution is 2.29. The highest BCUT2D eigenvalue weighted by Gasteiger charge is 2.32. The van der Waals surface area contributed by atoms with Crippen LogP contribution >= 0.6 is 0 Å². The standard InChI is InChI=1S/C17H29N5O2/c1-17(2)12-22(7-6-21(17)3)15-10-14(13-4-9-24-11-13)19-16(20-15)18-5-8-23/h10,13,23H,4-9,11-12H2,1-3H3,(H,18,19,20)/t13-/m1/s1. The maximum atomic E-state index is 9.07. The van der Waals surface area contributed by atoms with Crippen LogP contribution in [0.3, 0.4) is 0 Å². The molecule has 7 nitrogen and oxygen atoms in total. The number of likely N-dealkylation sites (N-methyl/N-ethyl adjacent to an activating group) is 1. The van der Waals surface area contributed by atoms with Crippen LogP contribution in [-0.2, 0) is 4.74 Å². The van der Waals surface area contributed by atoms with E-state index in [9.17, 15) is 0 Å². The Morgan fingerprint density at radius 3 is 2.88 bits per heavy atom. The smallest absolute Gasteiger partial charge is 0.224 e. The van der Waals surface area contributed by atoms with E-state index in [0.29, 0.717) is 18.4 Å². The van der Waals surface area contributed by atoms with E-state index in [0.717, 1.165) is 50.8 Å². The molecule has 1 aromatic rings. The van der Waals surface area contributed by atoms with Crippen molar-refractivity contribution in [2.75, 3.05) is 63.3 Å². The largest absolute Gasteiger partial charge is 0.395 e. The van der Waals surface area contributed by atoms with E-state index in [2.05, 4.69) is 52.0 Å². The zero-order valence-electron chi connectivity index (χ0n) is 15.0. The molecule has 24 heavy (non-hydrogen) atoms. The fourth-order valence-corrected chi connectivity index (χ4v) is 3.27. The summed E-state index contributed by atoms with van der Waals surface area (Å²) in [5.41, 5.74) is 1.15. The Balaban J connectivity index is 1.86. The van der Waals surface area contributed by atoms with Gasteiger partial charge in [0, 0.05) is 50.3 Å². The Kier molecular flexibility index (Phi) is 5.22. The number of piperazine rings is 1. The fraction of sp³-hybridized carbons (Fsp3) is 0.765. The van der Waals surface area contributed by atoms with Gasteiger partial charge < -0.3 is 20.1 Å². The summed E-state index contributed by atoms with van der Waals surface area (Å²) in [6.45, 7) is 9.47. The molecule has 3 heterocycles. The lowest BCUT2D eigenvalue weighted by molar-refractivity contribution is 0.138. The summed E-state index contributed by atoms with van der Waals surface area (Å²) >= 11 is 0. The fourth-order valence-electron chi connectivity index (χ4n) is 3.27. The van der Waals surface area contributed by atoms with Crippen molar-refractivity contribution in [1.82, 2.24) is 14.9 Å². The SMILES string of the molecule is CN1CCN(c2cc([C@@H]3CCOC3)nc(NCCO)n2)CC1(C)C. The summed E-state index contributed by atoms with van der Waals surface area (Å²) < 4.78 is 5.52. The van der Waals surface area contributed by atoms with Gasteiger partial charge in [-0.05, 0) is 27.3 Å².